The van der Waals surface area contributed by atoms with Gasteiger partial charge in [-0.2, -0.15) is 5.26 Å². The second-order valence-corrected chi connectivity index (χ2v) is 13.1. The number of pyridine rings is 1. The van der Waals surface area contributed by atoms with Crippen molar-refractivity contribution in [3.8, 4) is 34.4 Å². The molecule has 1 atom stereocenters. The van der Waals surface area contributed by atoms with Crippen LogP contribution in [-0.4, -0.2) is 76.6 Å². The van der Waals surface area contributed by atoms with Crippen LogP contribution in [0, 0.1) is 18.3 Å². The van der Waals surface area contributed by atoms with Gasteiger partial charge < -0.3 is 45.3 Å². The first-order chi connectivity index (χ1) is 24.6. The van der Waals surface area contributed by atoms with Crippen molar-refractivity contribution in [2.24, 2.45) is 0 Å². The molecule has 11 nitrogen and oxygen atoms in total. The smallest absolute Gasteiger partial charge is 0.142 e. The number of aromatic nitrogens is 1. The zero-order valence-electron chi connectivity index (χ0n) is 28.7. The largest absolute Gasteiger partial charge is 0.492 e. The molecule has 272 valence electrons. The lowest BCUT2D eigenvalue weighted by atomic mass is 9.96. The van der Waals surface area contributed by atoms with Crippen molar-refractivity contribution in [1.82, 2.24) is 15.6 Å². The molecule has 6 N–H and O–H groups in total. The molecule has 13 heteroatoms. The number of nitrogens with one attached hydrogen (secondary N) is 2. The summed E-state index contributed by atoms with van der Waals surface area (Å²) < 4.78 is 18.4. The zero-order valence-corrected chi connectivity index (χ0v) is 30.2. The summed E-state index contributed by atoms with van der Waals surface area (Å²) in [5.74, 6) is 1.42. The minimum Gasteiger partial charge on any atom is -0.492 e. The van der Waals surface area contributed by atoms with Gasteiger partial charge in [-0.3, -0.25) is 4.98 Å². The number of benzene rings is 3. The molecule has 4 aromatic rings. The molecule has 0 fully saturated rings. The van der Waals surface area contributed by atoms with Crippen LogP contribution >= 0.6 is 23.2 Å². The van der Waals surface area contributed by atoms with Crippen LogP contribution < -0.4 is 24.8 Å². The van der Waals surface area contributed by atoms with Gasteiger partial charge in [-0.25, -0.2) is 0 Å². The molecule has 0 amide bonds. The molecule has 0 radical (unpaired) electrons. The number of aliphatic hydroxyl groups is 4. The molecule has 0 unspecified atom stereocenters. The Kier molecular flexibility index (Phi) is 15.3. The van der Waals surface area contributed by atoms with Gasteiger partial charge in [0.15, 0.2) is 0 Å². The first kappa shape index (κ1) is 39.8. The van der Waals surface area contributed by atoms with E-state index >= 15 is 0 Å². The summed E-state index contributed by atoms with van der Waals surface area (Å²) in [5.41, 5.74) is 4.49. The number of halogens is 2. The molecule has 0 aliphatic carbocycles. The maximum absolute atomic E-state index is 9.77. The number of nitrogens with zero attached hydrogens (tertiary/aromatic N) is 2. The highest BCUT2D eigenvalue weighted by Crippen LogP contribution is 2.38. The van der Waals surface area contributed by atoms with Crippen molar-refractivity contribution in [2.45, 2.75) is 51.7 Å². The molecule has 0 bridgehead atoms. The van der Waals surface area contributed by atoms with Gasteiger partial charge in [0.1, 0.15) is 36.5 Å². The van der Waals surface area contributed by atoms with E-state index in [1.165, 1.54) is 6.20 Å². The molecule has 1 aromatic heterocycles. The summed E-state index contributed by atoms with van der Waals surface area (Å²) in [6.45, 7) is 4.77. The summed E-state index contributed by atoms with van der Waals surface area (Å²) in [7, 11) is 0. The number of hydrogen-bond acceptors (Lipinski definition) is 11. The quantitative estimate of drug-likeness (QED) is 0.0680. The van der Waals surface area contributed by atoms with Gasteiger partial charge in [-0.1, -0.05) is 53.5 Å². The van der Waals surface area contributed by atoms with Gasteiger partial charge in [0, 0.05) is 48.2 Å². The van der Waals surface area contributed by atoms with E-state index in [2.05, 4.69) is 21.7 Å². The van der Waals surface area contributed by atoms with E-state index in [1.54, 1.807) is 31.3 Å². The highest BCUT2D eigenvalue weighted by Gasteiger charge is 2.23. The number of nitriles is 1. The number of aliphatic hydroxyl groups excluding tert-OH is 4. The molecule has 1 heterocycles. The average Bonchev–Trinajstić information content (AvgIpc) is 3.15. The maximum atomic E-state index is 9.77. The number of hydrogen-bond donors (Lipinski definition) is 6. The fraction of sp³-hybridized carbons (Fsp3) is 0.368. The summed E-state index contributed by atoms with van der Waals surface area (Å²) in [4.78, 5) is 4.11. The van der Waals surface area contributed by atoms with Crippen molar-refractivity contribution < 1.29 is 34.6 Å². The van der Waals surface area contributed by atoms with Crippen LogP contribution in [0.3, 0.4) is 0 Å². The third-order valence-corrected chi connectivity index (χ3v) is 8.95. The molecule has 4 rings (SSSR count). The van der Waals surface area contributed by atoms with Crippen LogP contribution in [0.2, 0.25) is 10.0 Å². The summed E-state index contributed by atoms with van der Waals surface area (Å²) in [6, 6.07) is 18.8. The molecular weight excluding hydrogens is 695 g/mol. The van der Waals surface area contributed by atoms with Crippen molar-refractivity contribution >= 4 is 23.2 Å². The molecule has 51 heavy (non-hydrogen) atoms. The third kappa shape index (κ3) is 11.3. The van der Waals surface area contributed by atoms with Crippen LogP contribution in [0.5, 0.6) is 17.2 Å². The molecule has 3 aromatic carbocycles. The normalized spacial score (nSPS) is 12.0. The van der Waals surface area contributed by atoms with Crippen LogP contribution in [0.15, 0.2) is 67.0 Å². The Labute approximate surface area is 308 Å². The summed E-state index contributed by atoms with van der Waals surface area (Å²) in [6.07, 6.45) is 3.00. The van der Waals surface area contributed by atoms with Gasteiger partial charge >= 0.3 is 0 Å². The minimum absolute atomic E-state index is 0.129. The maximum Gasteiger partial charge on any atom is 0.142 e. The third-order valence-electron chi connectivity index (χ3n) is 8.27. The van der Waals surface area contributed by atoms with Crippen molar-refractivity contribution in [2.75, 3.05) is 39.5 Å². The van der Waals surface area contributed by atoms with E-state index in [0.717, 1.165) is 22.3 Å². The molecule has 0 saturated carbocycles. The highest BCUT2D eigenvalue weighted by molar-refractivity contribution is 6.35. The highest BCUT2D eigenvalue weighted by atomic mass is 35.5. The van der Waals surface area contributed by atoms with Crippen LogP contribution in [0.25, 0.3) is 11.1 Å². The Morgan fingerprint density at radius 3 is 2.39 bits per heavy atom. The second kappa shape index (κ2) is 19.6. The Morgan fingerprint density at radius 1 is 0.902 bits per heavy atom. The van der Waals surface area contributed by atoms with Crippen molar-refractivity contribution in [3.63, 3.8) is 0 Å². The number of ether oxygens (including phenoxy) is 3. The van der Waals surface area contributed by atoms with Crippen LogP contribution in [0.1, 0.15) is 41.2 Å². The zero-order chi connectivity index (χ0) is 36.8. The molecule has 0 spiro atoms. The van der Waals surface area contributed by atoms with Crippen LogP contribution in [0.4, 0.5) is 0 Å². The van der Waals surface area contributed by atoms with Gasteiger partial charge in [-0.05, 0) is 61.7 Å². The Morgan fingerprint density at radius 2 is 1.65 bits per heavy atom. The first-order valence-electron chi connectivity index (χ1n) is 16.5. The van der Waals surface area contributed by atoms with E-state index in [1.807, 2.05) is 43.3 Å². The lowest BCUT2D eigenvalue weighted by Gasteiger charge is -2.27. The SMILES string of the molecule is Cc1c(COc2cc(OCc3cncc(C#N)c3)c(CNC(C)(CO)CO)cc2Cl)cccc1-c1cccc(OCCCNC[C@H](O)CO)c1Cl. The summed E-state index contributed by atoms with van der Waals surface area (Å²) >= 11 is 13.6. The number of rotatable bonds is 20. The Bertz CT molecular complexity index is 1780. The topological polar surface area (TPSA) is 169 Å². The van der Waals surface area contributed by atoms with Gasteiger partial charge in [0.2, 0.25) is 0 Å². The fourth-order valence-electron chi connectivity index (χ4n) is 5.05. The van der Waals surface area contributed by atoms with Crippen molar-refractivity contribution in [1.29, 1.82) is 5.26 Å². The second-order valence-electron chi connectivity index (χ2n) is 12.3. The fourth-order valence-corrected chi connectivity index (χ4v) is 5.57. The van der Waals surface area contributed by atoms with E-state index in [4.69, 9.17) is 42.5 Å². The van der Waals surface area contributed by atoms with E-state index in [0.29, 0.717) is 70.1 Å². The lowest BCUT2D eigenvalue weighted by molar-refractivity contribution is 0.0942. The van der Waals surface area contributed by atoms with Crippen molar-refractivity contribution in [3.05, 3.63) is 105 Å². The lowest BCUT2D eigenvalue weighted by Crippen LogP contribution is -2.48. The molecular formula is C38H44Cl2N4O7. The predicted octanol–water partition coefficient (Wildman–Crippen LogP) is 4.94. The molecule has 0 aliphatic heterocycles. The van der Waals surface area contributed by atoms with E-state index < -0.39 is 11.6 Å². The Balaban J connectivity index is 1.50. The minimum atomic E-state index is -0.926. The predicted molar refractivity (Wildman–Crippen MR) is 196 cm³/mol. The van der Waals surface area contributed by atoms with Crippen LogP contribution in [-0.2, 0) is 19.8 Å². The summed E-state index contributed by atoms with van der Waals surface area (Å²) in [5, 5.41) is 54.3. The standard InChI is InChI=1S/C38H44Cl2N4O7/c1-25-28(6-3-7-31(25)32-8-4-9-34(37(32)40)49-11-5-10-42-19-30(48)20-45)22-51-36-14-35(50-21-27-12-26(15-41)16-43-17-27)29(13-33(36)39)18-44-38(2,23-46)24-47/h3-4,6-9,12-14,16-17,30,42,44-48H,5,10-11,18-24H2,1-2H3/t30-/m0/s1. The Hall–Kier alpha value is -3.96. The van der Waals surface area contributed by atoms with Gasteiger partial charge in [-0.15, -0.1) is 0 Å². The van der Waals surface area contributed by atoms with Gasteiger partial charge in [0.25, 0.3) is 0 Å². The van der Waals surface area contributed by atoms with E-state index in [9.17, 15) is 20.6 Å². The first-order valence-corrected chi connectivity index (χ1v) is 17.3. The molecule has 0 saturated heterocycles. The van der Waals surface area contributed by atoms with E-state index in [-0.39, 0.29) is 39.6 Å². The van der Waals surface area contributed by atoms with Gasteiger partial charge in [0.05, 0.1) is 53.7 Å². The monoisotopic (exact) mass is 738 g/mol. The average molecular weight is 740 g/mol. The molecule has 0 aliphatic rings.